The molecular formula is C18H21BO4P2. The van der Waals surface area contributed by atoms with Crippen molar-refractivity contribution in [2.24, 2.45) is 5.92 Å². The van der Waals surface area contributed by atoms with Gasteiger partial charge >= 0.3 is 5.97 Å². The zero-order valence-electron chi connectivity index (χ0n) is 14.0. The Labute approximate surface area is 153 Å². The number of benzene rings is 1. The molecule has 0 bridgehead atoms. The predicted octanol–water partition coefficient (Wildman–Crippen LogP) is 3.50. The SMILES string of the molecule is [B]P(P)O[C@@H]1C[C@@H]2OC(=O)C[C@@H]2C1=CCC(=O)CCc1ccccc1. The van der Waals surface area contributed by atoms with Crippen molar-refractivity contribution in [2.75, 3.05) is 0 Å². The minimum Gasteiger partial charge on any atom is -0.462 e. The van der Waals surface area contributed by atoms with Gasteiger partial charge in [-0.3, -0.25) is 9.59 Å². The van der Waals surface area contributed by atoms with Crippen molar-refractivity contribution in [1.29, 1.82) is 0 Å². The van der Waals surface area contributed by atoms with Crippen LogP contribution in [-0.2, 0) is 25.3 Å². The molecule has 4 nitrogen and oxygen atoms in total. The normalized spacial score (nSPS) is 28.0. The molecule has 0 N–H and O–H groups in total. The average molecular weight is 374 g/mol. The molecular weight excluding hydrogens is 353 g/mol. The molecule has 1 aromatic rings. The number of rotatable bonds is 7. The van der Waals surface area contributed by atoms with Gasteiger partial charge in [0.1, 0.15) is 11.9 Å². The smallest absolute Gasteiger partial charge is 0.306 e. The third-order valence-electron chi connectivity index (χ3n) is 4.71. The monoisotopic (exact) mass is 374 g/mol. The van der Waals surface area contributed by atoms with Crippen LogP contribution in [0.25, 0.3) is 0 Å². The Morgan fingerprint density at radius 2 is 2.16 bits per heavy atom. The third kappa shape index (κ3) is 5.00. The van der Waals surface area contributed by atoms with Crippen molar-refractivity contribution in [2.45, 2.75) is 44.3 Å². The van der Waals surface area contributed by atoms with Crippen molar-refractivity contribution >= 4 is 36.0 Å². The van der Waals surface area contributed by atoms with Crippen LogP contribution in [0.4, 0.5) is 0 Å². The van der Waals surface area contributed by atoms with Gasteiger partial charge in [0.2, 0.25) is 0 Å². The average Bonchev–Trinajstić information content (AvgIpc) is 3.07. The fourth-order valence-corrected chi connectivity index (χ4v) is 4.48. The van der Waals surface area contributed by atoms with Crippen LogP contribution in [0.3, 0.4) is 0 Å². The molecule has 25 heavy (non-hydrogen) atoms. The van der Waals surface area contributed by atoms with Crippen LogP contribution in [0.5, 0.6) is 0 Å². The van der Waals surface area contributed by atoms with E-state index in [1.165, 1.54) is 0 Å². The van der Waals surface area contributed by atoms with E-state index in [0.717, 1.165) is 17.6 Å². The van der Waals surface area contributed by atoms with E-state index in [-0.39, 0.29) is 29.9 Å². The Morgan fingerprint density at radius 1 is 1.40 bits per heavy atom. The summed E-state index contributed by atoms with van der Waals surface area (Å²) in [6.45, 7) is 0. The number of aryl methyl sites for hydroxylation is 1. The summed E-state index contributed by atoms with van der Waals surface area (Å²) >= 11 is 0. The van der Waals surface area contributed by atoms with Gasteiger partial charge in [0.25, 0.3) is 0 Å². The Balaban J connectivity index is 1.60. The highest BCUT2D eigenvalue weighted by molar-refractivity contribution is 8.23. The van der Waals surface area contributed by atoms with Crippen LogP contribution >= 0.6 is 16.6 Å². The fraction of sp³-hybridized carbons (Fsp3) is 0.444. The van der Waals surface area contributed by atoms with Crippen LogP contribution in [-0.4, -0.2) is 31.5 Å². The van der Waals surface area contributed by atoms with E-state index in [4.69, 9.17) is 16.8 Å². The number of carbonyl (C=O) groups excluding carboxylic acids is 2. The molecule has 3 rings (SSSR count). The molecule has 0 aromatic heterocycles. The molecule has 2 aliphatic rings. The molecule has 1 aromatic carbocycles. The first-order chi connectivity index (χ1) is 12.0. The summed E-state index contributed by atoms with van der Waals surface area (Å²) in [4.78, 5) is 23.8. The predicted molar refractivity (Wildman–Crippen MR) is 102 cm³/mol. The summed E-state index contributed by atoms with van der Waals surface area (Å²) in [5.41, 5.74) is 2.17. The highest BCUT2D eigenvalue weighted by Crippen LogP contribution is 2.49. The maximum atomic E-state index is 12.3. The summed E-state index contributed by atoms with van der Waals surface area (Å²) < 4.78 is 11.1. The van der Waals surface area contributed by atoms with Crippen molar-refractivity contribution in [3.05, 3.63) is 47.5 Å². The molecule has 0 amide bonds. The molecule has 5 atom stereocenters. The summed E-state index contributed by atoms with van der Waals surface area (Å²) in [6.07, 6.45) is 4.26. The number of hydrogen-bond donors (Lipinski definition) is 0. The van der Waals surface area contributed by atoms with Gasteiger partial charge in [-0.05, 0) is 25.3 Å². The van der Waals surface area contributed by atoms with Crippen LogP contribution in [0, 0.1) is 5.92 Å². The second-order valence-corrected chi connectivity index (χ2v) is 8.92. The molecule has 2 unspecified atom stereocenters. The number of carbonyl (C=O) groups is 2. The lowest BCUT2D eigenvalue weighted by molar-refractivity contribution is -0.141. The molecule has 130 valence electrons. The maximum Gasteiger partial charge on any atom is 0.306 e. The van der Waals surface area contributed by atoms with E-state index in [9.17, 15) is 9.59 Å². The van der Waals surface area contributed by atoms with Gasteiger partial charge in [-0.25, -0.2) is 0 Å². The zero-order chi connectivity index (χ0) is 17.8. The molecule has 1 heterocycles. The number of allylic oxidation sites excluding steroid dienone is 1. The first-order valence-corrected chi connectivity index (χ1v) is 11.4. The summed E-state index contributed by atoms with van der Waals surface area (Å²) in [6, 6.07) is 9.98. The van der Waals surface area contributed by atoms with Crippen LogP contribution in [0.1, 0.15) is 31.2 Å². The summed E-state index contributed by atoms with van der Waals surface area (Å²) in [5, 5.41) is 0. The number of hydrogen-bond acceptors (Lipinski definition) is 4. The second kappa shape index (κ2) is 8.58. The lowest BCUT2D eigenvalue weighted by Crippen LogP contribution is -2.12. The Kier molecular flexibility index (Phi) is 6.44. The summed E-state index contributed by atoms with van der Waals surface area (Å²) in [7, 11) is 7.17. The third-order valence-corrected chi connectivity index (χ3v) is 5.58. The number of ether oxygens (including phenoxy) is 1. The second-order valence-electron chi connectivity index (χ2n) is 6.46. The quantitative estimate of drug-likeness (QED) is 0.317. The van der Waals surface area contributed by atoms with E-state index in [0.29, 0.717) is 25.7 Å². The molecule has 1 saturated carbocycles. The Morgan fingerprint density at radius 3 is 2.88 bits per heavy atom. The molecule has 2 radical (unpaired) electrons. The number of Topliss-reactive ketones (excluding diaryl/α,β-unsaturated/α-hetero) is 1. The van der Waals surface area contributed by atoms with Crippen LogP contribution in [0.15, 0.2) is 42.0 Å². The van der Waals surface area contributed by atoms with Crippen LogP contribution < -0.4 is 0 Å². The van der Waals surface area contributed by atoms with E-state index in [2.05, 4.69) is 8.93 Å². The Hall–Kier alpha value is -1.02. The van der Waals surface area contributed by atoms with Crippen LogP contribution in [0.2, 0.25) is 0 Å². The maximum absolute atomic E-state index is 12.3. The topological polar surface area (TPSA) is 52.6 Å². The van der Waals surface area contributed by atoms with Crippen molar-refractivity contribution in [3.63, 3.8) is 0 Å². The van der Waals surface area contributed by atoms with Crippen molar-refractivity contribution < 1.29 is 18.8 Å². The molecule has 0 spiro atoms. The highest BCUT2D eigenvalue weighted by Gasteiger charge is 2.47. The summed E-state index contributed by atoms with van der Waals surface area (Å²) in [5.74, 6) is 0.0414. The highest BCUT2D eigenvalue weighted by atomic mass is 32.0. The zero-order valence-corrected chi connectivity index (χ0v) is 16.0. The Bertz CT molecular complexity index is 662. The molecule has 2 fully saturated rings. The number of esters is 1. The lowest BCUT2D eigenvalue weighted by Gasteiger charge is -2.18. The van der Waals surface area contributed by atoms with E-state index >= 15 is 0 Å². The fourth-order valence-electron chi connectivity index (χ4n) is 3.54. The molecule has 1 aliphatic carbocycles. The van der Waals surface area contributed by atoms with E-state index in [1.807, 2.05) is 36.4 Å². The lowest BCUT2D eigenvalue weighted by atomic mass is 9.96. The first-order valence-electron chi connectivity index (χ1n) is 8.44. The standard InChI is InChI=1S/C18H21BO4P2/c19-25(24)23-17-11-16-15(10-18(21)22-16)14(17)9-8-13(20)7-6-12-4-2-1-3-5-12/h1-5,9,15-17H,6-8,10-11,24H2/t15-,16+,17-,25?/m1/s1. The van der Waals surface area contributed by atoms with Gasteiger partial charge in [-0.1, -0.05) is 45.3 Å². The van der Waals surface area contributed by atoms with Gasteiger partial charge in [0.15, 0.2) is 7.57 Å². The number of fused-ring (bicyclic) bond motifs is 1. The minimum absolute atomic E-state index is 0.0272. The van der Waals surface area contributed by atoms with Gasteiger partial charge in [0.05, 0.1) is 12.5 Å². The van der Waals surface area contributed by atoms with Gasteiger partial charge in [0, 0.05) is 25.2 Å². The van der Waals surface area contributed by atoms with Gasteiger partial charge in [-0.2, -0.15) is 0 Å². The molecule has 1 saturated heterocycles. The molecule has 1 aliphatic heterocycles. The first kappa shape index (κ1) is 18.8. The van der Waals surface area contributed by atoms with Crippen molar-refractivity contribution in [3.8, 4) is 0 Å². The van der Waals surface area contributed by atoms with E-state index < -0.39 is 7.72 Å². The number of ketones is 1. The largest absolute Gasteiger partial charge is 0.462 e. The minimum atomic E-state index is -1.08. The van der Waals surface area contributed by atoms with E-state index in [1.54, 1.807) is 0 Å². The van der Waals surface area contributed by atoms with Crippen molar-refractivity contribution in [1.82, 2.24) is 0 Å². The van der Waals surface area contributed by atoms with Gasteiger partial charge in [-0.15, -0.1) is 0 Å². The molecule has 7 heteroatoms. The van der Waals surface area contributed by atoms with Gasteiger partial charge < -0.3 is 9.26 Å².